The van der Waals surface area contributed by atoms with Crippen molar-refractivity contribution in [2.45, 2.75) is 11.4 Å². The molecule has 0 radical (unpaired) electrons. The number of hydrogen-bond acceptors (Lipinski definition) is 6. The first-order chi connectivity index (χ1) is 13.5. The lowest BCUT2D eigenvalue weighted by Gasteiger charge is -2.23. The van der Waals surface area contributed by atoms with Gasteiger partial charge in [0.15, 0.2) is 0 Å². The molecule has 0 aliphatic heterocycles. The van der Waals surface area contributed by atoms with E-state index in [4.69, 9.17) is 9.47 Å². The molecule has 0 amide bonds. The normalized spacial score (nSPS) is 10.6. The Balaban J connectivity index is 1.98. The lowest BCUT2D eigenvalue weighted by Crippen LogP contribution is -2.16. The van der Waals surface area contributed by atoms with Gasteiger partial charge in [0.05, 0.1) is 20.8 Å². The third kappa shape index (κ3) is 4.48. The van der Waals surface area contributed by atoms with E-state index in [1.165, 1.54) is 26.7 Å². The topological polar surface area (TPSA) is 47.5 Å². The molecule has 1 aromatic heterocycles. The van der Waals surface area contributed by atoms with Crippen LogP contribution in [0.3, 0.4) is 0 Å². The predicted octanol–water partition coefficient (Wildman–Crippen LogP) is 4.63. The zero-order valence-corrected chi connectivity index (χ0v) is 15.8. The minimum Gasteiger partial charge on any atom is -0.497 e. The number of benzene rings is 2. The van der Waals surface area contributed by atoms with E-state index in [1.807, 2.05) is 0 Å². The fourth-order valence-corrected chi connectivity index (χ4v) is 3.37. The van der Waals surface area contributed by atoms with Crippen molar-refractivity contribution < 1.29 is 22.6 Å². The van der Waals surface area contributed by atoms with Gasteiger partial charge < -0.3 is 9.47 Å². The highest BCUT2D eigenvalue weighted by atomic mass is 32.2. The summed E-state index contributed by atoms with van der Waals surface area (Å²) in [6.45, 7) is 0.200. The molecule has 0 aliphatic rings. The summed E-state index contributed by atoms with van der Waals surface area (Å²) in [4.78, 5) is 7.67. The Kier molecular flexibility index (Phi) is 6.25. The van der Waals surface area contributed by atoms with Crippen molar-refractivity contribution >= 4 is 17.8 Å². The van der Waals surface area contributed by atoms with Gasteiger partial charge in [0.1, 0.15) is 46.0 Å². The monoisotopic (exact) mass is 407 g/mol. The largest absolute Gasteiger partial charge is 0.497 e. The third-order valence-corrected chi connectivity index (χ3v) is 4.90. The molecule has 3 aromatic rings. The molecule has 1 heterocycles. The molecule has 5 nitrogen and oxygen atoms in total. The number of aromatic nitrogens is 2. The third-order valence-electron chi connectivity index (χ3n) is 3.79. The van der Waals surface area contributed by atoms with Gasteiger partial charge in [0, 0.05) is 30.0 Å². The molecule has 0 atom stereocenters. The van der Waals surface area contributed by atoms with Gasteiger partial charge in [-0.05, 0) is 30.1 Å². The molecular formula is C19H16F3N3O2S. The highest BCUT2D eigenvalue weighted by Gasteiger charge is 2.20. The summed E-state index contributed by atoms with van der Waals surface area (Å²) in [7, 11) is 3.05. The van der Waals surface area contributed by atoms with Crippen LogP contribution in [0.25, 0.3) is 0 Å². The molecule has 28 heavy (non-hydrogen) atoms. The molecule has 0 saturated heterocycles. The van der Waals surface area contributed by atoms with Gasteiger partial charge >= 0.3 is 0 Å². The van der Waals surface area contributed by atoms with E-state index in [2.05, 4.69) is 9.97 Å². The van der Waals surface area contributed by atoms with Crippen LogP contribution >= 0.6 is 11.9 Å². The van der Waals surface area contributed by atoms with Crippen LogP contribution in [0.1, 0.15) is 5.56 Å². The van der Waals surface area contributed by atoms with Crippen LogP contribution in [0.4, 0.5) is 19.0 Å². The molecule has 3 rings (SSSR count). The van der Waals surface area contributed by atoms with Gasteiger partial charge in [-0.15, -0.1) is 0 Å². The summed E-state index contributed by atoms with van der Waals surface area (Å²) in [6, 6.07) is 8.11. The fraction of sp³-hybridized carbons (Fsp3) is 0.158. The van der Waals surface area contributed by atoms with Crippen molar-refractivity contribution in [3.63, 3.8) is 0 Å². The van der Waals surface area contributed by atoms with Crippen LogP contribution in [-0.2, 0) is 6.54 Å². The second-order valence-corrected chi connectivity index (χ2v) is 6.60. The van der Waals surface area contributed by atoms with Crippen molar-refractivity contribution in [1.29, 1.82) is 0 Å². The van der Waals surface area contributed by atoms with Gasteiger partial charge in [-0.2, -0.15) is 0 Å². The van der Waals surface area contributed by atoms with Gasteiger partial charge in [-0.3, -0.25) is 4.31 Å². The van der Waals surface area contributed by atoms with Crippen molar-refractivity contribution in [2.24, 2.45) is 0 Å². The SMILES string of the molecule is COc1ccc(CN(Sc2c(F)cc(F)cc2F)c2ccncn2)c(OC)c1. The summed E-state index contributed by atoms with van der Waals surface area (Å²) in [6.07, 6.45) is 2.84. The second kappa shape index (κ2) is 8.83. The van der Waals surface area contributed by atoms with Crippen molar-refractivity contribution in [2.75, 3.05) is 18.5 Å². The maximum absolute atomic E-state index is 14.2. The highest BCUT2D eigenvalue weighted by Crippen LogP contribution is 2.35. The molecule has 0 saturated carbocycles. The summed E-state index contributed by atoms with van der Waals surface area (Å²) in [5.41, 5.74) is 0.734. The molecule has 0 N–H and O–H groups in total. The molecule has 146 valence electrons. The Labute approximate surface area is 164 Å². The molecule has 0 aliphatic carbocycles. The Morgan fingerprint density at radius 3 is 2.36 bits per heavy atom. The van der Waals surface area contributed by atoms with E-state index >= 15 is 0 Å². The Morgan fingerprint density at radius 1 is 1.00 bits per heavy atom. The number of nitrogens with zero attached hydrogens (tertiary/aromatic N) is 3. The van der Waals surface area contributed by atoms with E-state index < -0.39 is 17.5 Å². The van der Waals surface area contributed by atoms with E-state index in [1.54, 1.807) is 28.6 Å². The summed E-state index contributed by atoms with van der Waals surface area (Å²) >= 11 is 0.767. The van der Waals surface area contributed by atoms with Crippen molar-refractivity contribution in [3.8, 4) is 11.5 Å². The van der Waals surface area contributed by atoms with Crippen LogP contribution in [0.5, 0.6) is 11.5 Å². The van der Waals surface area contributed by atoms with Gasteiger partial charge in [0.2, 0.25) is 0 Å². The average molecular weight is 407 g/mol. The minimum atomic E-state index is -0.997. The van der Waals surface area contributed by atoms with E-state index in [-0.39, 0.29) is 11.4 Å². The van der Waals surface area contributed by atoms with E-state index in [0.717, 1.165) is 17.5 Å². The summed E-state index contributed by atoms with van der Waals surface area (Å²) in [5.74, 6) is -1.41. The first kappa shape index (κ1) is 19.8. The molecule has 9 heteroatoms. The van der Waals surface area contributed by atoms with Crippen LogP contribution in [0.2, 0.25) is 0 Å². The number of anilines is 1. The lowest BCUT2D eigenvalue weighted by atomic mass is 10.2. The molecule has 0 unspecified atom stereocenters. The number of ether oxygens (including phenoxy) is 2. The molecule has 0 fully saturated rings. The minimum absolute atomic E-state index is 0.200. The van der Waals surface area contributed by atoms with Crippen molar-refractivity contribution in [1.82, 2.24) is 9.97 Å². The quantitative estimate of drug-likeness (QED) is 0.533. The number of rotatable bonds is 7. The zero-order valence-electron chi connectivity index (χ0n) is 15.0. The maximum Gasteiger partial charge on any atom is 0.144 e. The first-order valence-corrected chi connectivity index (χ1v) is 8.86. The molecule has 2 aromatic carbocycles. The second-order valence-electron chi connectivity index (χ2n) is 5.57. The number of methoxy groups -OCH3 is 2. The van der Waals surface area contributed by atoms with Crippen LogP contribution in [-0.4, -0.2) is 24.2 Å². The van der Waals surface area contributed by atoms with Crippen LogP contribution in [0, 0.1) is 17.5 Å². The Bertz CT molecular complexity index is 937. The number of hydrogen-bond donors (Lipinski definition) is 0. The van der Waals surface area contributed by atoms with Crippen LogP contribution < -0.4 is 13.8 Å². The fourth-order valence-electron chi connectivity index (χ4n) is 2.45. The zero-order chi connectivity index (χ0) is 20.1. The van der Waals surface area contributed by atoms with Gasteiger partial charge in [-0.25, -0.2) is 23.1 Å². The van der Waals surface area contributed by atoms with Crippen molar-refractivity contribution in [3.05, 3.63) is 71.9 Å². The lowest BCUT2D eigenvalue weighted by molar-refractivity contribution is 0.391. The maximum atomic E-state index is 14.2. The van der Waals surface area contributed by atoms with Crippen LogP contribution in [0.15, 0.2) is 53.8 Å². The average Bonchev–Trinajstić information content (AvgIpc) is 2.70. The molecule has 0 bridgehead atoms. The summed E-state index contributed by atoms with van der Waals surface area (Å²) < 4.78 is 53.7. The smallest absolute Gasteiger partial charge is 0.144 e. The predicted molar refractivity (Wildman–Crippen MR) is 99.9 cm³/mol. The molecular weight excluding hydrogens is 391 g/mol. The Hall–Kier alpha value is -2.94. The highest BCUT2D eigenvalue weighted by molar-refractivity contribution is 8.00. The van der Waals surface area contributed by atoms with E-state index in [0.29, 0.717) is 29.4 Å². The first-order valence-electron chi connectivity index (χ1n) is 8.08. The van der Waals surface area contributed by atoms with Gasteiger partial charge in [-0.1, -0.05) is 0 Å². The summed E-state index contributed by atoms with van der Waals surface area (Å²) in [5, 5.41) is 0. The standard InChI is InChI=1S/C19H16F3N3O2S/c1-26-14-4-3-12(17(9-14)27-2)10-25(18-5-6-23-11-24-18)28-19-15(21)7-13(20)8-16(19)22/h3-9,11H,10H2,1-2H3. The van der Waals surface area contributed by atoms with E-state index in [9.17, 15) is 13.2 Å². The molecule has 0 spiro atoms. The van der Waals surface area contributed by atoms with Gasteiger partial charge in [0.25, 0.3) is 0 Å². The Morgan fingerprint density at radius 2 is 1.75 bits per heavy atom. The number of halogens is 3.